The Morgan fingerprint density at radius 3 is 2.70 bits per heavy atom. The average molecular weight is 263 g/mol. The summed E-state index contributed by atoms with van der Waals surface area (Å²) in [5.41, 5.74) is 7.15. The van der Waals surface area contributed by atoms with Crippen molar-refractivity contribution in [3.63, 3.8) is 0 Å². The standard InChI is InChI=1S/C19H21N/c1-12-4-3-5-14(10-12)15-6-7-17-16-8-9-20-19(13(16)2)18(17)11-15/h3-7,10-11,13,16,19-20H,8-9H2,1-2H3/t13-,16?,19?/m0/s1. The molecule has 1 fully saturated rings. The van der Waals surface area contributed by atoms with Crippen LogP contribution in [0.5, 0.6) is 0 Å². The van der Waals surface area contributed by atoms with Gasteiger partial charge in [-0.3, -0.25) is 0 Å². The van der Waals surface area contributed by atoms with Crippen molar-refractivity contribution in [3.8, 4) is 11.1 Å². The Kier molecular flexibility index (Phi) is 2.71. The van der Waals surface area contributed by atoms with Gasteiger partial charge in [0.2, 0.25) is 0 Å². The van der Waals surface area contributed by atoms with Crippen molar-refractivity contribution in [1.82, 2.24) is 5.32 Å². The van der Waals surface area contributed by atoms with E-state index in [1.807, 2.05) is 0 Å². The summed E-state index contributed by atoms with van der Waals surface area (Å²) < 4.78 is 0. The van der Waals surface area contributed by atoms with Crippen molar-refractivity contribution in [3.05, 3.63) is 59.2 Å². The van der Waals surface area contributed by atoms with E-state index in [9.17, 15) is 0 Å². The zero-order valence-electron chi connectivity index (χ0n) is 12.2. The molecule has 0 spiro atoms. The minimum absolute atomic E-state index is 0.563. The molecule has 102 valence electrons. The number of nitrogens with one attached hydrogen (secondary N) is 1. The molecule has 20 heavy (non-hydrogen) atoms. The predicted octanol–water partition coefficient (Wildman–Crippen LogP) is 4.43. The Morgan fingerprint density at radius 2 is 1.85 bits per heavy atom. The molecule has 1 aliphatic carbocycles. The molecule has 1 N–H and O–H groups in total. The van der Waals surface area contributed by atoms with Crippen molar-refractivity contribution < 1.29 is 0 Å². The smallest absolute Gasteiger partial charge is 0.0354 e. The number of piperidine rings is 1. The maximum absolute atomic E-state index is 3.71. The molecule has 0 aromatic heterocycles. The van der Waals surface area contributed by atoms with E-state index in [1.165, 1.54) is 23.1 Å². The topological polar surface area (TPSA) is 12.0 Å². The van der Waals surface area contributed by atoms with Gasteiger partial charge in [0.25, 0.3) is 0 Å². The lowest BCUT2D eigenvalue weighted by Gasteiger charge is -2.28. The normalized spacial score (nSPS) is 27.4. The predicted molar refractivity (Wildman–Crippen MR) is 83.9 cm³/mol. The van der Waals surface area contributed by atoms with Crippen LogP contribution in [0.3, 0.4) is 0 Å². The Labute approximate surface area is 121 Å². The first-order valence-corrected chi connectivity index (χ1v) is 7.68. The Hall–Kier alpha value is -1.60. The van der Waals surface area contributed by atoms with E-state index >= 15 is 0 Å². The summed E-state index contributed by atoms with van der Waals surface area (Å²) in [6.07, 6.45) is 1.29. The van der Waals surface area contributed by atoms with Crippen LogP contribution < -0.4 is 5.32 Å². The fourth-order valence-electron chi connectivity index (χ4n) is 4.09. The third kappa shape index (κ3) is 1.73. The van der Waals surface area contributed by atoms with E-state index in [0.29, 0.717) is 6.04 Å². The molecule has 0 amide bonds. The largest absolute Gasteiger partial charge is 0.310 e. The lowest BCUT2D eigenvalue weighted by molar-refractivity contribution is 0.300. The number of fused-ring (bicyclic) bond motifs is 5. The summed E-state index contributed by atoms with van der Waals surface area (Å²) in [5, 5.41) is 3.71. The van der Waals surface area contributed by atoms with E-state index in [-0.39, 0.29) is 0 Å². The molecule has 1 aliphatic heterocycles. The van der Waals surface area contributed by atoms with Gasteiger partial charge in [-0.2, -0.15) is 0 Å². The summed E-state index contributed by atoms with van der Waals surface area (Å²) in [5.74, 6) is 1.51. The Balaban J connectivity index is 1.82. The van der Waals surface area contributed by atoms with Gasteiger partial charge in [-0.25, -0.2) is 0 Å². The highest BCUT2D eigenvalue weighted by Gasteiger charge is 2.40. The lowest BCUT2D eigenvalue weighted by atomic mass is 9.87. The second-order valence-corrected chi connectivity index (χ2v) is 6.40. The monoisotopic (exact) mass is 263 g/mol. The van der Waals surface area contributed by atoms with Gasteiger partial charge in [-0.1, -0.05) is 48.9 Å². The minimum Gasteiger partial charge on any atom is -0.310 e. The maximum atomic E-state index is 3.71. The van der Waals surface area contributed by atoms with E-state index < -0.39 is 0 Å². The molecule has 1 saturated heterocycles. The van der Waals surface area contributed by atoms with E-state index in [0.717, 1.165) is 18.4 Å². The highest BCUT2D eigenvalue weighted by atomic mass is 14.9. The fraction of sp³-hybridized carbons (Fsp3) is 0.368. The molecule has 0 saturated carbocycles. The number of benzene rings is 2. The molecule has 4 rings (SSSR count). The highest BCUT2D eigenvalue weighted by molar-refractivity contribution is 5.66. The second kappa shape index (κ2) is 4.46. The van der Waals surface area contributed by atoms with E-state index in [2.05, 4.69) is 61.6 Å². The van der Waals surface area contributed by atoms with Gasteiger partial charge < -0.3 is 5.32 Å². The van der Waals surface area contributed by atoms with Crippen molar-refractivity contribution >= 4 is 0 Å². The maximum Gasteiger partial charge on any atom is 0.0354 e. The van der Waals surface area contributed by atoms with Crippen LogP contribution in [-0.4, -0.2) is 6.54 Å². The number of aryl methyl sites for hydroxylation is 1. The zero-order chi connectivity index (χ0) is 13.7. The average Bonchev–Trinajstić information content (AvgIpc) is 2.62. The van der Waals surface area contributed by atoms with Gasteiger partial charge in [-0.15, -0.1) is 0 Å². The van der Waals surface area contributed by atoms with E-state index in [1.54, 1.807) is 11.1 Å². The minimum atomic E-state index is 0.563. The first-order chi connectivity index (χ1) is 9.74. The van der Waals surface area contributed by atoms with Crippen LogP contribution in [0, 0.1) is 12.8 Å². The molecular formula is C19H21N. The van der Waals surface area contributed by atoms with Crippen LogP contribution in [0.1, 0.15) is 42.0 Å². The van der Waals surface area contributed by atoms with Crippen LogP contribution in [-0.2, 0) is 0 Å². The molecule has 2 aromatic rings. The summed E-state index contributed by atoms with van der Waals surface area (Å²) in [6.45, 7) is 5.72. The van der Waals surface area contributed by atoms with Crippen molar-refractivity contribution in [2.75, 3.05) is 6.54 Å². The summed E-state index contributed by atoms with van der Waals surface area (Å²) in [7, 11) is 0. The molecule has 2 unspecified atom stereocenters. The third-order valence-corrected chi connectivity index (χ3v) is 5.15. The number of hydrogen-bond donors (Lipinski definition) is 1. The van der Waals surface area contributed by atoms with Gasteiger partial charge >= 0.3 is 0 Å². The third-order valence-electron chi connectivity index (χ3n) is 5.15. The van der Waals surface area contributed by atoms with Gasteiger partial charge in [-0.05, 0) is 60.0 Å². The first-order valence-electron chi connectivity index (χ1n) is 7.68. The van der Waals surface area contributed by atoms with Crippen LogP contribution in [0.15, 0.2) is 42.5 Å². The summed E-state index contributed by atoms with van der Waals surface area (Å²) >= 11 is 0. The molecule has 2 bridgehead atoms. The molecule has 1 heterocycles. The van der Waals surface area contributed by atoms with Crippen LogP contribution in [0.4, 0.5) is 0 Å². The van der Waals surface area contributed by atoms with Gasteiger partial charge in [0, 0.05) is 6.04 Å². The molecule has 2 aliphatic rings. The Bertz CT molecular complexity index is 659. The Morgan fingerprint density at radius 1 is 1.00 bits per heavy atom. The molecule has 3 atom stereocenters. The first kappa shape index (κ1) is 12.2. The van der Waals surface area contributed by atoms with Gasteiger partial charge in [0.05, 0.1) is 0 Å². The van der Waals surface area contributed by atoms with Gasteiger partial charge in [0.1, 0.15) is 0 Å². The van der Waals surface area contributed by atoms with Crippen molar-refractivity contribution in [2.45, 2.75) is 32.2 Å². The summed E-state index contributed by atoms with van der Waals surface area (Å²) in [4.78, 5) is 0. The molecule has 1 nitrogen and oxygen atoms in total. The molecule has 0 radical (unpaired) electrons. The lowest BCUT2D eigenvalue weighted by Crippen LogP contribution is -2.31. The SMILES string of the molecule is Cc1cccc(-c2ccc3c(c2)C2NCCC3[C@@H]2C)c1. The number of hydrogen-bond acceptors (Lipinski definition) is 1. The van der Waals surface area contributed by atoms with Gasteiger partial charge in [0.15, 0.2) is 0 Å². The zero-order valence-corrected chi connectivity index (χ0v) is 12.2. The van der Waals surface area contributed by atoms with Crippen molar-refractivity contribution in [1.29, 1.82) is 0 Å². The number of rotatable bonds is 1. The summed E-state index contributed by atoms with van der Waals surface area (Å²) in [6, 6.07) is 16.5. The second-order valence-electron chi connectivity index (χ2n) is 6.40. The van der Waals surface area contributed by atoms with Crippen LogP contribution in [0.2, 0.25) is 0 Å². The highest BCUT2D eigenvalue weighted by Crippen LogP contribution is 2.49. The van der Waals surface area contributed by atoms with E-state index in [4.69, 9.17) is 0 Å². The fourth-order valence-corrected chi connectivity index (χ4v) is 4.09. The molecular weight excluding hydrogens is 242 g/mol. The van der Waals surface area contributed by atoms with Crippen LogP contribution >= 0.6 is 0 Å². The molecule has 2 aromatic carbocycles. The van der Waals surface area contributed by atoms with Crippen molar-refractivity contribution in [2.24, 2.45) is 5.92 Å². The quantitative estimate of drug-likeness (QED) is 0.802. The van der Waals surface area contributed by atoms with Crippen LogP contribution in [0.25, 0.3) is 11.1 Å². The molecule has 1 heteroatoms.